The van der Waals surface area contributed by atoms with E-state index in [0.717, 1.165) is 12.3 Å². The minimum Gasteiger partial charge on any atom is -0.246 e. The lowest BCUT2D eigenvalue weighted by atomic mass is 10.2. The third-order valence-electron chi connectivity index (χ3n) is 1.59. The van der Waals surface area contributed by atoms with Crippen LogP contribution in [0.2, 0.25) is 0 Å². The Morgan fingerprint density at radius 2 is 2.00 bits per heavy atom. The summed E-state index contributed by atoms with van der Waals surface area (Å²) in [4.78, 5) is -0.456. The first kappa shape index (κ1) is 10.1. The van der Waals surface area contributed by atoms with Gasteiger partial charge in [-0.3, -0.25) is 0 Å². The van der Waals surface area contributed by atoms with Gasteiger partial charge in [0.05, 0.1) is 0 Å². The Balaban J connectivity index is 3.41. The number of hydrogen-bond donors (Lipinski definition) is 0. The van der Waals surface area contributed by atoms with Gasteiger partial charge in [0.25, 0.3) is 0 Å². The fourth-order valence-electron chi connectivity index (χ4n) is 0.946. The topological polar surface area (TPSA) is 34.1 Å². The molecular formula is C8H8F2O2S. The third-order valence-corrected chi connectivity index (χ3v) is 2.70. The van der Waals surface area contributed by atoms with Crippen LogP contribution in [-0.2, 0) is 16.5 Å². The molecule has 2 nitrogen and oxygen atoms in total. The standard InChI is InChI=1S/C8H8F2O2S/c1-13(11,12)7-4-2-3-6(5-9)8(7)10/h2-4H,5H2,1H3. The van der Waals surface area contributed by atoms with E-state index in [1.54, 1.807) is 0 Å². The number of sulfone groups is 1. The SMILES string of the molecule is CS(=O)(=O)c1cccc(CF)c1F. The predicted molar refractivity (Wildman–Crippen MR) is 44.3 cm³/mol. The van der Waals surface area contributed by atoms with Crippen molar-refractivity contribution in [1.82, 2.24) is 0 Å². The Labute approximate surface area is 75.1 Å². The maximum absolute atomic E-state index is 13.1. The second-order valence-corrected chi connectivity index (χ2v) is 4.62. The zero-order valence-electron chi connectivity index (χ0n) is 6.92. The summed E-state index contributed by atoms with van der Waals surface area (Å²) in [6, 6.07) is 3.64. The van der Waals surface area contributed by atoms with E-state index in [0.29, 0.717) is 0 Å². The van der Waals surface area contributed by atoms with Gasteiger partial charge in [-0.1, -0.05) is 12.1 Å². The monoisotopic (exact) mass is 206 g/mol. The average molecular weight is 206 g/mol. The number of alkyl halides is 1. The minimum atomic E-state index is -3.61. The first-order valence-corrected chi connectivity index (χ1v) is 5.39. The Morgan fingerprint density at radius 3 is 2.46 bits per heavy atom. The largest absolute Gasteiger partial charge is 0.246 e. The highest BCUT2D eigenvalue weighted by molar-refractivity contribution is 7.90. The molecule has 0 saturated carbocycles. The highest BCUT2D eigenvalue weighted by Gasteiger charge is 2.15. The summed E-state index contributed by atoms with van der Waals surface area (Å²) in [7, 11) is -3.61. The van der Waals surface area contributed by atoms with Gasteiger partial charge in [-0.25, -0.2) is 17.2 Å². The summed E-state index contributed by atoms with van der Waals surface area (Å²) >= 11 is 0. The van der Waals surface area contributed by atoms with Crippen molar-refractivity contribution in [3.05, 3.63) is 29.6 Å². The lowest BCUT2D eigenvalue weighted by Crippen LogP contribution is -2.02. The van der Waals surface area contributed by atoms with Crippen LogP contribution in [0.15, 0.2) is 23.1 Å². The molecule has 0 aliphatic rings. The van der Waals surface area contributed by atoms with Gasteiger partial charge < -0.3 is 0 Å². The zero-order chi connectivity index (χ0) is 10.1. The van der Waals surface area contributed by atoms with Crippen LogP contribution in [0.3, 0.4) is 0 Å². The van der Waals surface area contributed by atoms with Crippen LogP contribution in [0.1, 0.15) is 5.56 Å². The molecule has 0 N–H and O–H groups in total. The molecule has 0 atom stereocenters. The first-order valence-electron chi connectivity index (χ1n) is 3.50. The molecule has 0 radical (unpaired) electrons. The lowest BCUT2D eigenvalue weighted by molar-refractivity contribution is 0.457. The molecule has 0 unspecified atom stereocenters. The second-order valence-electron chi connectivity index (χ2n) is 2.64. The quantitative estimate of drug-likeness (QED) is 0.738. The lowest BCUT2D eigenvalue weighted by Gasteiger charge is -2.02. The van der Waals surface area contributed by atoms with Crippen LogP contribution in [0.4, 0.5) is 8.78 Å². The molecule has 0 bridgehead atoms. The van der Waals surface area contributed by atoms with Crippen molar-refractivity contribution >= 4 is 9.84 Å². The fraction of sp³-hybridized carbons (Fsp3) is 0.250. The van der Waals surface area contributed by atoms with Gasteiger partial charge in [0, 0.05) is 11.8 Å². The minimum absolute atomic E-state index is 0.233. The van der Waals surface area contributed by atoms with Crippen LogP contribution in [0.5, 0.6) is 0 Å². The van der Waals surface area contributed by atoms with Crippen molar-refractivity contribution in [2.45, 2.75) is 11.6 Å². The van der Waals surface area contributed by atoms with Crippen LogP contribution < -0.4 is 0 Å². The molecular weight excluding hydrogens is 198 g/mol. The van der Waals surface area contributed by atoms with E-state index >= 15 is 0 Å². The highest BCUT2D eigenvalue weighted by Crippen LogP contribution is 2.18. The van der Waals surface area contributed by atoms with E-state index in [-0.39, 0.29) is 5.56 Å². The van der Waals surface area contributed by atoms with Gasteiger partial charge in [0.2, 0.25) is 0 Å². The Morgan fingerprint density at radius 1 is 1.38 bits per heavy atom. The van der Waals surface area contributed by atoms with E-state index in [1.807, 2.05) is 0 Å². The molecule has 1 rings (SSSR count). The van der Waals surface area contributed by atoms with Crippen molar-refractivity contribution in [3.8, 4) is 0 Å². The normalized spacial score (nSPS) is 11.6. The van der Waals surface area contributed by atoms with Crippen LogP contribution in [0, 0.1) is 5.82 Å². The van der Waals surface area contributed by atoms with Crippen molar-refractivity contribution < 1.29 is 17.2 Å². The molecule has 72 valence electrons. The van der Waals surface area contributed by atoms with Crippen molar-refractivity contribution in [3.63, 3.8) is 0 Å². The summed E-state index contributed by atoms with van der Waals surface area (Å²) in [5.41, 5.74) is -0.233. The number of hydrogen-bond acceptors (Lipinski definition) is 2. The van der Waals surface area contributed by atoms with E-state index in [1.165, 1.54) is 12.1 Å². The highest BCUT2D eigenvalue weighted by atomic mass is 32.2. The number of halogens is 2. The molecule has 0 aliphatic carbocycles. The third kappa shape index (κ3) is 2.03. The second kappa shape index (κ2) is 3.41. The smallest absolute Gasteiger partial charge is 0.178 e. The molecule has 1 aromatic carbocycles. The summed E-state index contributed by atoms with van der Waals surface area (Å²) in [6.45, 7) is -1.00. The van der Waals surface area contributed by atoms with Gasteiger partial charge in [-0.05, 0) is 6.07 Å². The molecule has 0 spiro atoms. The average Bonchev–Trinajstić information content (AvgIpc) is 2.02. The summed E-state index contributed by atoms with van der Waals surface area (Å²) < 4.78 is 47.2. The van der Waals surface area contributed by atoms with E-state index in [4.69, 9.17) is 0 Å². The summed E-state index contributed by atoms with van der Waals surface area (Å²) in [6.07, 6.45) is 0.882. The first-order chi connectivity index (χ1) is 5.96. The Bertz CT molecular complexity index is 412. The van der Waals surface area contributed by atoms with E-state index < -0.39 is 27.2 Å². The molecule has 13 heavy (non-hydrogen) atoms. The molecule has 0 amide bonds. The number of rotatable bonds is 2. The van der Waals surface area contributed by atoms with E-state index in [9.17, 15) is 17.2 Å². The van der Waals surface area contributed by atoms with Crippen molar-refractivity contribution in [2.75, 3.05) is 6.26 Å². The zero-order valence-corrected chi connectivity index (χ0v) is 7.74. The van der Waals surface area contributed by atoms with Crippen molar-refractivity contribution in [1.29, 1.82) is 0 Å². The fourth-order valence-corrected chi connectivity index (χ4v) is 1.73. The van der Waals surface area contributed by atoms with Crippen LogP contribution >= 0.6 is 0 Å². The van der Waals surface area contributed by atoms with Crippen LogP contribution in [0.25, 0.3) is 0 Å². The maximum atomic E-state index is 13.1. The van der Waals surface area contributed by atoms with Gasteiger partial charge in [0.1, 0.15) is 17.4 Å². The van der Waals surface area contributed by atoms with Gasteiger partial charge in [-0.2, -0.15) is 0 Å². The molecule has 0 aromatic heterocycles. The predicted octanol–water partition coefficient (Wildman–Crippen LogP) is 1.70. The Hall–Kier alpha value is -0.970. The molecule has 0 heterocycles. The summed E-state index contributed by atoms with van der Waals surface area (Å²) in [5, 5.41) is 0. The summed E-state index contributed by atoms with van der Waals surface area (Å²) in [5.74, 6) is -0.993. The maximum Gasteiger partial charge on any atom is 0.178 e. The molecule has 5 heteroatoms. The van der Waals surface area contributed by atoms with Gasteiger partial charge in [-0.15, -0.1) is 0 Å². The van der Waals surface area contributed by atoms with Crippen LogP contribution in [-0.4, -0.2) is 14.7 Å². The molecule has 0 saturated heterocycles. The van der Waals surface area contributed by atoms with Gasteiger partial charge in [0.15, 0.2) is 9.84 Å². The van der Waals surface area contributed by atoms with E-state index in [2.05, 4.69) is 0 Å². The molecule has 0 fully saturated rings. The van der Waals surface area contributed by atoms with Gasteiger partial charge >= 0.3 is 0 Å². The van der Waals surface area contributed by atoms with Crippen molar-refractivity contribution in [2.24, 2.45) is 0 Å². The molecule has 0 aliphatic heterocycles. The molecule has 1 aromatic rings. The number of benzene rings is 1. The Kier molecular flexibility index (Phi) is 2.66.